The van der Waals surface area contributed by atoms with E-state index in [0.29, 0.717) is 0 Å². The monoisotopic (exact) mass is 890 g/mol. The van der Waals surface area contributed by atoms with Crippen LogP contribution in [0.1, 0.15) is 44.5 Å². The van der Waals surface area contributed by atoms with Crippen molar-refractivity contribution in [3.05, 3.63) is 324 Å². The molecule has 2 aliphatic heterocycles. The van der Waals surface area contributed by atoms with Crippen molar-refractivity contribution in [1.82, 2.24) is 0 Å². The van der Waals surface area contributed by atoms with Crippen LogP contribution in [-0.2, 0) is 10.8 Å². The summed E-state index contributed by atoms with van der Waals surface area (Å²) < 4.78 is 0. The van der Waals surface area contributed by atoms with E-state index in [2.05, 4.69) is 289 Å². The zero-order chi connectivity index (χ0) is 46.2. The summed E-state index contributed by atoms with van der Waals surface area (Å²) >= 11 is 0. The highest BCUT2D eigenvalue weighted by Gasteiger charge is 2.48. The van der Waals surface area contributed by atoms with Gasteiger partial charge in [-0.05, 0) is 125 Å². The lowest BCUT2D eigenvalue weighted by Gasteiger charge is -2.46. The van der Waals surface area contributed by atoms with Crippen LogP contribution in [0.2, 0.25) is 0 Å². The summed E-state index contributed by atoms with van der Waals surface area (Å²) in [6, 6.07) is 104. The van der Waals surface area contributed by atoms with Gasteiger partial charge in [-0.3, -0.25) is 0 Å². The average molecular weight is 891 g/mol. The van der Waals surface area contributed by atoms with Crippen molar-refractivity contribution in [2.24, 2.45) is 0 Å². The molecule has 0 atom stereocenters. The highest BCUT2D eigenvalue weighted by Crippen LogP contribution is 2.60. The summed E-state index contributed by atoms with van der Waals surface area (Å²) in [5, 5.41) is 7.40. The van der Waals surface area contributed by atoms with Gasteiger partial charge in [-0.25, -0.2) is 0 Å². The first-order valence-electron chi connectivity index (χ1n) is 24.3. The second-order valence-corrected chi connectivity index (χ2v) is 18.7. The molecule has 0 radical (unpaired) electrons. The molecule has 2 heteroatoms. The van der Waals surface area contributed by atoms with Gasteiger partial charge in [0.1, 0.15) is 0 Å². The van der Waals surface area contributed by atoms with E-state index in [-0.39, 0.29) is 0 Å². The van der Waals surface area contributed by atoms with E-state index in [0.717, 1.165) is 11.4 Å². The quantitative estimate of drug-likeness (QED) is 0.154. The van der Waals surface area contributed by atoms with Gasteiger partial charge in [0.15, 0.2) is 0 Å². The van der Waals surface area contributed by atoms with Crippen LogP contribution in [0.4, 0.5) is 34.1 Å². The molecule has 0 saturated heterocycles. The highest BCUT2D eigenvalue weighted by atomic mass is 15.2. The Bertz CT molecular complexity index is 3500. The van der Waals surface area contributed by atoms with Gasteiger partial charge in [0.2, 0.25) is 0 Å². The van der Waals surface area contributed by atoms with Crippen LogP contribution in [0.25, 0.3) is 32.3 Å². The Labute approximate surface area is 408 Å². The lowest BCUT2D eigenvalue weighted by Crippen LogP contribution is -2.37. The van der Waals surface area contributed by atoms with Crippen LogP contribution in [0.5, 0.6) is 0 Å². The molecule has 328 valence electrons. The number of anilines is 6. The van der Waals surface area contributed by atoms with Crippen molar-refractivity contribution < 1.29 is 0 Å². The molecule has 0 fully saturated rings. The fourth-order valence-electron chi connectivity index (χ4n) is 12.6. The fraction of sp³-hybridized carbons (Fsp3) is 0.0294. The molecule has 14 rings (SSSR count). The molecular formula is C68H46N2. The number of hydrogen-bond acceptors (Lipinski definition) is 2. The van der Waals surface area contributed by atoms with Crippen molar-refractivity contribution in [1.29, 1.82) is 0 Å². The molecule has 0 aliphatic carbocycles. The summed E-state index contributed by atoms with van der Waals surface area (Å²) in [4.78, 5) is 4.99. The summed E-state index contributed by atoms with van der Waals surface area (Å²) in [5.41, 5.74) is 15.9. The van der Waals surface area contributed by atoms with E-state index in [1.165, 1.54) is 99.6 Å². The SMILES string of the molecule is c1ccc(C2(c3ccccc3)c3ccccc3N(c3ccc4c5ccc(N6c7ccccc7C(c7ccccc7)(c7ccccc7)c7ccccc76)cc5c5ccccc5c4c3)c3ccccc32)cc1. The summed E-state index contributed by atoms with van der Waals surface area (Å²) in [5.74, 6) is 0. The van der Waals surface area contributed by atoms with E-state index in [1.54, 1.807) is 0 Å². The smallest absolute Gasteiger partial charge is 0.0742 e. The normalized spacial score (nSPS) is 14.2. The Kier molecular flexibility index (Phi) is 9.06. The van der Waals surface area contributed by atoms with Crippen molar-refractivity contribution in [2.45, 2.75) is 10.8 Å². The number of nitrogens with zero attached hydrogens (tertiary/aromatic N) is 2. The fourth-order valence-corrected chi connectivity index (χ4v) is 12.6. The first-order chi connectivity index (χ1) is 34.8. The van der Waals surface area contributed by atoms with Gasteiger partial charge in [0, 0.05) is 11.4 Å². The van der Waals surface area contributed by atoms with Gasteiger partial charge in [-0.15, -0.1) is 0 Å². The lowest BCUT2D eigenvalue weighted by atomic mass is 9.62. The molecule has 0 aromatic heterocycles. The molecule has 0 unspecified atom stereocenters. The Hall–Kier alpha value is -8.98. The van der Waals surface area contributed by atoms with Gasteiger partial charge in [-0.2, -0.15) is 0 Å². The number of fused-ring (bicyclic) bond motifs is 10. The van der Waals surface area contributed by atoms with Gasteiger partial charge < -0.3 is 9.80 Å². The van der Waals surface area contributed by atoms with Crippen molar-refractivity contribution in [2.75, 3.05) is 9.80 Å². The number of para-hydroxylation sites is 4. The molecular weight excluding hydrogens is 845 g/mol. The van der Waals surface area contributed by atoms with E-state index in [1.807, 2.05) is 0 Å². The van der Waals surface area contributed by atoms with Crippen molar-refractivity contribution >= 4 is 66.4 Å². The van der Waals surface area contributed by atoms with Gasteiger partial charge in [0.05, 0.1) is 33.6 Å². The van der Waals surface area contributed by atoms with Gasteiger partial charge in [-0.1, -0.05) is 231 Å². The van der Waals surface area contributed by atoms with E-state index in [9.17, 15) is 0 Å². The van der Waals surface area contributed by atoms with E-state index in [4.69, 9.17) is 0 Å². The molecule has 2 heterocycles. The third kappa shape index (κ3) is 5.62. The molecule has 12 aromatic carbocycles. The van der Waals surface area contributed by atoms with Crippen LogP contribution < -0.4 is 9.80 Å². The zero-order valence-corrected chi connectivity index (χ0v) is 38.5. The highest BCUT2D eigenvalue weighted by molar-refractivity contribution is 6.26. The summed E-state index contributed by atoms with van der Waals surface area (Å²) in [7, 11) is 0. The third-order valence-corrected chi connectivity index (χ3v) is 15.3. The zero-order valence-electron chi connectivity index (χ0n) is 38.5. The molecule has 0 saturated carbocycles. The lowest BCUT2D eigenvalue weighted by molar-refractivity contribution is 0.731. The average Bonchev–Trinajstić information content (AvgIpc) is 3.44. The summed E-state index contributed by atoms with van der Waals surface area (Å²) in [6.07, 6.45) is 0. The number of rotatable bonds is 6. The maximum Gasteiger partial charge on any atom is 0.0742 e. The minimum absolute atomic E-state index is 0.524. The van der Waals surface area contributed by atoms with Gasteiger partial charge >= 0.3 is 0 Å². The molecule has 70 heavy (non-hydrogen) atoms. The summed E-state index contributed by atoms with van der Waals surface area (Å²) in [6.45, 7) is 0. The topological polar surface area (TPSA) is 6.48 Å². The molecule has 0 amide bonds. The van der Waals surface area contributed by atoms with Crippen molar-refractivity contribution in [3.8, 4) is 0 Å². The molecule has 0 spiro atoms. The molecule has 0 bridgehead atoms. The molecule has 2 aliphatic rings. The van der Waals surface area contributed by atoms with Crippen LogP contribution in [0.3, 0.4) is 0 Å². The minimum Gasteiger partial charge on any atom is -0.310 e. The predicted octanol–water partition coefficient (Wildman–Crippen LogP) is 17.5. The largest absolute Gasteiger partial charge is 0.310 e. The first-order valence-corrected chi connectivity index (χ1v) is 24.3. The van der Waals surface area contributed by atoms with Crippen LogP contribution in [0, 0.1) is 0 Å². The Balaban J connectivity index is 0.965. The second-order valence-electron chi connectivity index (χ2n) is 18.7. The van der Waals surface area contributed by atoms with Crippen molar-refractivity contribution in [3.63, 3.8) is 0 Å². The Morgan fingerprint density at radius 3 is 0.743 bits per heavy atom. The maximum atomic E-state index is 2.49. The van der Waals surface area contributed by atoms with Crippen LogP contribution in [0.15, 0.2) is 279 Å². The van der Waals surface area contributed by atoms with E-state index >= 15 is 0 Å². The van der Waals surface area contributed by atoms with Gasteiger partial charge in [0.25, 0.3) is 0 Å². The maximum absolute atomic E-state index is 2.49. The van der Waals surface area contributed by atoms with Crippen LogP contribution in [-0.4, -0.2) is 0 Å². The van der Waals surface area contributed by atoms with E-state index < -0.39 is 10.8 Å². The Morgan fingerprint density at radius 1 is 0.200 bits per heavy atom. The number of hydrogen-bond donors (Lipinski definition) is 0. The number of benzene rings is 12. The standard InChI is InChI=1S/C68H46N2/c1-5-23-47(24-6-1)67(48-25-7-2-8-26-48)59-33-15-19-37-63(59)69(64-38-20-16-34-60(64)67)51-41-43-55-56-44-42-52(46-58(56)54-32-14-13-31-53(54)57(55)45-51)70-65-39-21-17-35-61(65)68(49-27-9-3-10-28-49,50-29-11-4-12-30-50)62-36-18-22-40-66(62)70/h1-46H. The van der Waals surface area contributed by atoms with Crippen LogP contribution >= 0.6 is 0 Å². The molecule has 2 nitrogen and oxygen atoms in total. The Morgan fingerprint density at radius 2 is 0.443 bits per heavy atom. The minimum atomic E-state index is -0.524. The third-order valence-electron chi connectivity index (χ3n) is 15.3. The molecule has 0 N–H and O–H groups in total. The first kappa shape index (κ1) is 40.1. The molecule has 12 aromatic rings. The predicted molar refractivity (Wildman–Crippen MR) is 292 cm³/mol. The second kappa shape index (κ2) is 15.8.